The van der Waals surface area contributed by atoms with Gasteiger partial charge in [0.1, 0.15) is 0 Å². The molecule has 8 heteroatoms. The fourth-order valence-electron chi connectivity index (χ4n) is 2.41. The summed E-state index contributed by atoms with van der Waals surface area (Å²) in [6.07, 6.45) is 3.35. The number of anilines is 1. The molecule has 2 rings (SSSR count). The summed E-state index contributed by atoms with van der Waals surface area (Å²) in [7, 11) is -0.657. The van der Waals surface area contributed by atoms with Crippen molar-refractivity contribution in [1.82, 2.24) is 9.78 Å². The third kappa shape index (κ3) is 2.89. The zero-order chi connectivity index (χ0) is 14.0. The summed E-state index contributed by atoms with van der Waals surface area (Å²) in [5, 5.41) is 3.22. The lowest BCUT2D eigenvalue weighted by Crippen LogP contribution is -2.35. The fourth-order valence-corrected chi connectivity index (χ4v) is 4.12. The van der Waals surface area contributed by atoms with Gasteiger partial charge in [-0.2, -0.15) is 5.10 Å². The van der Waals surface area contributed by atoms with Gasteiger partial charge in [0, 0.05) is 19.3 Å². The highest BCUT2D eigenvalue weighted by Crippen LogP contribution is 2.32. The molecule has 106 valence electrons. The predicted molar refractivity (Wildman–Crippen MR) is 68.9 cm³/mol. The van der Waals surface area contributed by atoms with Crippen LogP contribution in [0.25, 0.3) is 0 Å². The van der Waals surface area contributed by atoms with Crippen molar-refractivity contribution in [3.63, 3.8) is 0 Å². The summed E-state index contributed by atoms with van der Waals surface area (Å²) >= 11 is 0. The number of hydrogen-bond acceptors (Lipinski definition) is 5. The lowest BCUT2D eigenvalue weighted by atomic mass is 10.1. The summed E-state index contributed by atoms with van der Waals surface area (Å²) in [6, 6.07) is 1.57. The number of methoxy groups -OCH3 is 1. The average Bonchev–Trinajstić information content (AvgIpc) is 2.97. The van der Waals surface area contributed by atoms with Crippen molar-refractivity contribution in [2.45, 2.75) is 24.5 Å². The molecule has 1 aromatic rings. The Morgan fingerprint density at radius 1 is 1.53 bits per heavy atom. The summed E-state index contributed by atoms with van der Waals surface area (Å²) in [5.74, 6) is -0.793. The monoisotopic (exact) mass is 287 g/mol. The van der Waals surface area contributed by atoms with Crippen LogP contribution in [0.1, 0.15) is 19.3 Å². The quantitative estimate of drug-likeness (QED) is 0.815. The highest BCUT2D eigenvalue weighted by molar-refractivity contribution is 7.93. The van der Waals surface area contributed by atoms with Gasteiger partial charge < -0.3 is 4.74 Å². The lowest BCUT2D eigenvalue weighted by molar-refractivity contribution is -0.145. The van der Waals surface area contributed by atoms with Gasteiger partial charge in [-0.15, -0.1) is 0 Å². The van der Waals surface area contributed by atoms with E-state index in [0.717, 1.165) is 0 Å². The van der Waals surface area contributed by atoms with Gasteiger partial charge in [0.15, 0.2) is 5.82 Å². The maximum atomic E-state index is 12.3. The third-order valence-electron chi connectivity index (χ3n) is 3.32. The van der Waals surface area contributed by atoms with E-state index in [9.17, 15) is 13.2 Å². The molecule has 1 N–H and O–H groups in total. The van der Waals surface area contributed by atoms with Crippen LogP contribution >= 0.6 is 0 Å². The molecule has 0 saturated heterocycles. The number of carbonyl (C=O) groups excluding carboxylic acids is 1. The molecule has 1 heterocycles. The summed E-state index contributed by atoms with van der Waals surface area (Å²) in [5.41, 5.74) is 0. The van der Waals surface area contributed by atoms with E-state index >= 15 is 0 Å². The van der Waals surface area contributed by atoms with E-state index in [1.807, 2.05) is 0 Å². The van der Waals surface area contributed by atoms with Crippen molar-refractivity contribution in [2.24, 2.45) is 13.0 Å². The second kappa shape index (κ2) is 5.20. The van der Waals surface area contributed by atoms with Crippen LogP contribution in [0.5, 0.6) is 0 Å². The molecule has 7 nitrogen and oxygen atoms in total. The number of rotatable bonds is 4. The van der Waals surface area contributed by atoms with Gasteiger partial charge in [-0.05, 0) is 12.8 Å². The number of sulfonamides is 1. The molecule has 19 heavy (non-hydrogen) atoms. The van der Waals surface area contributed by atoms with E-state index < -0.39 is 27.2 Å². The molecule has 0 bridgehead atoms. The largest absolute Gasteiger partial charge is 0.469 e. The van der Waals surface area contributed by atoms with Crippen molar-refractivity contribution < 1.29 is 17.9 Å². The molecule has 0 radical (unpaired) electrons. The van der Waals surface area contributed by atoms with E-state index in [2.05, 4.69) is 14.6 Å². The Morgan fingerprint density at radius 2 is 2.26 bits per heavy atom. The topological polar surface area (TPSA) is 90.3 Å². The van der Waals surface area contributed by atoms with Crippen LogP contribution in [-0.4, -0.2) is 36.5 Å². The number of nitrogens with one attached hydrogen (secondary N) is 1. The van der Waals surface area contributed by atoms with Crippen molar-refractivity contribution in [3.8, 4) is 0 Å². The molecule has 1 saturated carbocycles. The molecule has 2 atom stereocenters. The average molecular weight is 287 g/mol. The molecule has 0 amide bonds. The van der Waals surface area contributed by atoms with Gasteiger partial charge in [0.2, 0.25) is 10.0 Å². The van der Waals surface area contributed by atoms with Gasteiger partial charge in [-0.3, -0.25) is 14.2 Å². The smallest absolute Gasteiger partial charge is 0.310 e. The number of nitrogens with zero attached hydrogens (tertiary/aromatic N) is 2. The van der Waals surface area contributed by atoms with Crippen LogP contribution in [0.3, 0.4) is 0 Å². The SMILES string of the molecule is COC(=O)C1CCCC1S(=O)(=O)Nc1ccn(C)n1. The van der Waals surface area contributed by atoms with Crippen LogP contribution in [-0.2, 0) is 26.6 Å². The normalized spacial score (nSPS) is 23.3. The highest BCUT2D eigenvalue weighted by atomic mass is 32.2. The Kier molecular flexibility index (Phi) is 3.79. The van der Waals surface area contributed by atoms with Gasteiger partial charge in [0.05, 0.1) is 18.3 Å². The predicted octanol–water partition coefficient (Wildman–Crippen LogP) is 0.503. The molecule has 1 aliphatic rings. The van der Waals surface area contributed by atoms with Crippen LogP contribution in [0.15, 0.2) is 12.3 Å². The number of aromatic nitrogens is 2. The van der Waals surface area contributed by atoms with Crippen LogP contribution in [0.4, 0.5) is 5.82 Å². The molecule has 0 aliphatic heterocycles. The summed E-state index contributed by atoms with van der Waals surface area (Å²) < 4.78 is 33.1. The van der Waals surface area contributed by atoms with E-state index in [-0.39, 0.29) is 5.82 Å². The Labute approximate surface area is 112 Å². The number of carbonyl (C=O) groups is 1. The first-order valence-corrected chi connectivity index (χ1v) is 7.58. The first-order chi connectivity index (χ1) is 8.94. The minimum absolute atomic E-state index is 0.262. The number of aryl methyl sites for hydroxylation is 1. The van der Waals surface area contributed by atoms with Crippen LogP contribution in [0, 0.1) is 5.92 Å². The Morgan fingerprint density at radius 3 is 2.84 bits per heavy atom. The molecule has 1 aliphatic carbocycles. The standard InChI is InChI=1S/C11H17N3O4S/c1-14-7-6-10(12-14)13-19(16,17)9-5-3-4-8(9)11(15)18-2/h6-9H,3-5H2,1-2H3,(H,12,13). The molecule has 0 spiro atoms. The third-order valence-corrected chi connectivity index (χ3v) is 5.17. The number of ether oxygens (including phenoxy) is 1. The van der Waals surface area contributed by atoms with E-state index in [1.54, 1.807) is 19.3 Å². The van der Waals surface area contributed by atoms with Gasteiger partial charge in [-0.1, -0.05) is 6.42 Å². The maximum absolute atomic E-state index is 12.3. The minimum atomic E-state index is -3.63. The Hall–Kier alpha value is -1.57. The highest BCUT2D eigenvalue weighted by Gasteiger charge is 2.42. The second-order valence-electron chi connectivity index (χ2n) is 4.62. The van der Waals surface area contributed by atoms with E-state index in [0.29, 0.717) is 19.3 Å². The maximum Gasteiger partial charge on any atom is 0.310 e. The van der Waals surface area contributed by atoms with Crippen LogP contribution in [0.2, 0.25) is 0 Å². The number of esters is 1. The zero-order valence-electron chi connectivity index (χ0n) is 10.9. The second-order valence-corrected chi connectivity index (χ2v) is 6.52. The lowest BCUT2D eigenvalue weighted by Gasteiger charge is -2.18. The van der Waals surface area contributed by atoms with Crippen molar-refractivity contribution >= 4 is 21.8 Å². The van der Waals surface area contributed by atoms with Crippen molar-refractivity contribution in [2.75, 3.05) is 11.8 Å². The summed E-state index contributed by atoms with van der Waals surface area (Å²) in [4.78, 5) is 11.6. The molecular formula is C11H17N3O4S. The van der Waals surface area contributed by atoms with Gasteiger partial charge in [-0.25, -0.2) is 8.42 Å². The number of hydrogen-bond donors (Lipinski definition) is 1. The Bertz CT molecular complexity index is 566. The molecule has 1 aromatic heterocycles. The first-order valence-electron chi connectivity index (χ1n) is 6.03. The minimum Gasteiger partial charge on any atom is -0.469 e. The first kappa shape index (κ1) is 13.9. The fraction of sp³-hybridized carbons (Fsp3) is 0.636. The van der Waals surface area contributed by atoms with Gasteiger partial charge >= 0.3 is 5.97 Å². The Balaban J connectivity index is 2.17. The molecular weight excluding hydrogens is 270 g/mol. The van der Waals surface area contributed by atoms with Gasteiger partial charge in [0.25, 0.3) is 0 Å². The molecule has 1 fully saturated rings. The van der Waals surface area contributed by atoms with E-state index in [1.165, 1.54) is 11.8 Å². The van der Waals surface area contributed by atoms with Crippen molar-refractivity contribution in [1.29, 1.82) is 0 Å². The molecule has 2 unspecified atom stereocenters. The zero-order valence-corrected chi connectivity index (χ0v) is 11.7. The van der Waals surface area contributed by atoms with E-state index in [4.69, 9.17) is 0 Å². The molecule has 0 aromatic carbocycles. The summed E-state index contributed by atoms with van der Waals surface area (Å²) in [6.45, 7) is 0. The van der Waals surface area contributed by atoms with Crippen molar-refractivity contribution in [3.05, 3.63) is 12.3 Å². The van der Waals surface area contributed by atoms with Crippen LogP contribution < -0.4 is 4.72 Å².